The van der Waals surface area contributed by atoms with Gasteiger partial charge in [0.25, 0.3) is 0 Å². The van der Waals surface area contributed by atoms with Crippen LogP contribution in [0.15, 0.2) is 0 Å². The normalized spacial score (nSPS) is 20.8. The lowest BCUT2D eigenvalue weighted by atomic mass is 10.0. The molecule has 0 aromatic carbocycles. The summed E-state index contributed by atoms with van der Waals surface area (Å²) < 4.78 is 0. The minimum atomic E-state index is 0.847. The summed E-state index contributed by atoms with van der Waals surface area (Å²) in [6.07, 6.45) is 5.29. The summed E-state index contributed by atoms with van der Waals surface area (Å²) in [6, 6.07) is 0.847. The number of hydrogen-bond donors (Lipinski definition) is 1. The quantitative estimate of drug-likeness (QED) is 0.728. The van der Waals surface area contributed by atoms with Crippen LogP contribution < -0.4 is 5.32 Å². The Morgan fingerprint density at radius 3 is 2.47 bits per heavy atom. The lowest BCUT2D eigenvalue weighted by Crippen LogP contribution is -2.45. The first-order chi connectivity index (χ1) is 7.27. The van der Waals surface area contributed by atoms with Crippen LogP contribution in [0.2, 0.25) is 0 Å². The molecule has 0 amide bonds. The molecule has 0 aromatic heterocycles. The Bertz CT molecular complexity index is 153. The zero-order valence-corrected chi connectivity index (χ0v) is 10.8. The predicted octanol–water partition coefficient (Wildman–Crippen LogP) is 2.50. The van der Waals surface area contributed by atoms with Crippen LogP contribution in [0.1, 0.15) is 46.5 Å². The van der Waals surface area contributed by atoms with Crippen molar-refractivity contribution < 1.29 is 0 Å². The molecule has 1 aliphatic heterocycles. The molecule has 0 saturated carbocycles. The standard InChI is InChI=1S/C13H28N2/c1-4-10-15(11-12(3)5-2)13-6-8-14-9-7-13/h12-14H,4-11H2,1-3H3. The van der Waals surface area contributed by atoms with E-state index in [1.165, 1.54) is 51.9 Å². The van der Waals surface area contributed by atoms with Crippen LogP contribution in [0.25, 0.3) is 0 Å². The second-order valence-corrected chi connectivity index (χ2v) is 4.99. The lowest BCUT2D eigenvalue weighted by molar-refractivity contribution is 0.140. The van der Waals surface area contributed by atoms with E-state index in [9.17, 15) is 0 Å². The van der Waals surface area contributed by atoms with Gasteiger partial charge in [-0.25, -0.2) is 0 Å². The van der Waals surface area contributed by atoms with Gasteiger partial charge in [0.2, 0.25) is 0 Å². The minimum absolute atomic E-state index is 0.847. The van der Waals surface area contributed by atoms with E-state index in [1.54, 1.807) is 0 Å². The first kappa shape index (κ1) is 13.0. The zero-order chi connectivity index (χ0) is 11.1. The van der Waals surface area contributed by atoms with E-state index < -0.39 is 0 Å². The van der Waals surface area contributed by atoms with E-state index in [1.807, 2.05) is 0 Å². The van der Waals surface area contributed by atoms with Gasteiger partial charge in [-0.05, 0) is 44.8 Å². The molecule has 0 aromatic rings. The van der Waals surface area contributed by atoms with Crippen molar-refractivity contribution in [3.8, 4) is 0 Å². The van der Waals surface area contributed by atoms with Gasteiger partial charge in [0.1, 0.15) is 0 Å². The maximum Gasteiger partial charge on any atom is 0.0119 e. The molecule has 1 rings (SSSR count). The monoisotopic (exact) mass is 212 g/mol. The molecule has 1 N–H and O–H groups in total. The summed E-state index contributed by atoms with van der Waals surface area (Å²) in [4.78, 5) is 2.73. The molecule has 1 heterocycles. The first-order valence-corrected chi connectivity index (χ1v) is 6.72. The fourth-order valence-corrected chi connectivity index (χ4v) is 2.41. The third-order valence-electron chi connectivity index (χ3n) is 3.58. The largest absolute Gasteiger partial charge is 0.317 e. The summed E-state index contributed by atoms with van der Waals surface area (Å²) in [7, 11) is 0. The Morgan fingerprint density at radius 1 is 1.27 bits per heavy atom. The highest BCUT2D eigenvalue weighted by Gasteiger charge is 2.20. The van der Waals surface area contributed by atoms with Crippen molar-refractivity contribution in [2.24, 2.45) is 5.92 Å². The van der Waals surface area contributed by atoms with Crippen molar-refractivity contribution in [1.29, 1.82) is 0 Å². The van der Waals surface area contributed by atoms with E-state index in [2.05, 4.69) is 31.0 Å². The van der Waals surface area contributed by atoms with Gasteiger partial charge >= 0.3 is 0 Å². The molecule has 0 spiro atoms. The average Bonchev–Trinajstić information content (AvgIpc) is 2.29. The van der Waals surface area contributed by atoms with Gasteiger partial charge in [0.15, 0.2) is 0 Å². The Morgan fingerprint density at radius 2 is 1.93 bits per heavy atom. The smallest absolute Gasteiger partial charge is 0.0119 e. The van der Waals surface area contributed by atoms with Crippen molar-refractivity contribution in [2.75, 3.05) is 26.2 Å². The molecule has 1 atom stereocenters. The second-order valence-electron chi connectivity index (χ2n) is 4.99. The van der Waals surface area contributed by atoms with E-state index >= 15 is 0 Å². The van der Waals surface area contributed by atoms with Crippen molar-refractivity contribution in [1.82, 2.24) is 10.2 Å². The number of hydrogen-bond acceptors (Lipinski definition) is 2. The first-order valence-electron chi connectivity index (χ1n) is 6.72. The summed E-state index contributed by atoms with van der Waals surface area (Å²) >= 11 is 0. The number of rotatable bonds is 6. The highest BCUT2D eigenvalue weighted by molar-refractivity contribution is 4.78. The average molecular weight is 212 g/mol. The SMILES string of the molecule is CCCN(CC(C)CC)C1CCNCC1. The summed E-state index contributed by atoms with van der Waals surface area (Å²) in [6.45, 7) is 12.0. The van der Waals surface area contributed by atoms with E-state index in [-0.39, 0.29) is 0 Å². The van der Waals surface area contributed by atoms with E-state index in [0.717, 1.165) is 12.0 Å². The molecule has 2 nitrogen and oxygen atoms in total. The van der Waals surface area contributed by atoms with Gasteiger partial charge in [-0.3, -0.25) is 0 Å². The Balaban J connectivity index is 2.39. The van der Waals surface area contributed by atoms with E-state index in [4.69, 9.17) is 0 Å². The predicted molar refractivity (Wildman–Crippen MR) is 67.2 cm³/mol. The van der Waals surface area contributed by atoms with Crippen molar-refractivity contribution >= 4 is 0 Å². The zero-order valence-electron chi connectivity index (χ0n) is 10.8. The highest BCUT2D eigenvalue weighted by atomic mass is 15.2. The van der Waals surface area contributed by atoms with Crippen molar-refractivity contribution in [2.45, 2.75) is 52.5 Å². The summed E-state index contributed by atoms with van der Waals surface area (Å²) in [5.74, 6) is 0.853. The number of piperidine rings is 1. The van der Waals surface area contributed by atoms with Crippen LogP contribution in [0, 0.1) is 5.92 Å². The van der Waals surface area contributed by atoms with Crippen LogP contribution in [-0.4, -0.2) is 37.1 Å². The van der Waals surface area contributed by atoms with Gasteiger partial charge in [0.05, 0.1) is 0 Å². The summed E-state index contributed by atoms with van der Waals surface area (Å²) in [5.41, 5.74) is 0. The lowest BCUT2D eigenvalue weighted by Gasteiger charge is -2.36. The van der Waals surface area contributed by atoms with Crippen LogP contribution in [0.5, 0.6) is 0 Å². The molecular formula is C13H28N2. The van der Waals surface area contributed by atoms with Crippen molar-refractivity contribution in [3.05, 3.63) is 0 Å². The Kier molecular flexibility index (Phi) is 6.26. The molecule has 0 radical (unpaired) electrons. The third kappa shape index (κ3) is 4.52. The van der Waals surface area contributed by atoms with Gasteiger partial charge in [0, 0.05) is 12.6 Å². The van der Waals surface area contributed by atoms with Crippen LogP contribution in [-0.2, 0) is 0 Å². The molecule has 1 aliphatic rings. The Labute approximate surface area is 95.4 Å². The molecule has 1 fully saturated rings. The number of nitrogens with one attached hydrogen (secondary N) is 1. The molecule has 1 unspecified atom stereocenters. The van der Waals surface area contributed by atoms with Crippen molar-refractivity contribution in [3.63, 3.8) is 0 Å². The molecule has 0 bridgehead atoms. The fourth-order valence-electron chi connectivity index (χ4n) is 2.41. The topological polar surface area (TPSA) is 15.3 Å². The highest BCUT2D eigenvalue weighted by Crippen LogP contribution is 2.15. The maximum atomic E-state index is 3.45. The molecule has 2 heteroatoms. The van der Waals surface area contributed by atoms with E-state index in [0.29, 0.717) is 0 Å². The summed E-state index contributed by atoms with van der Waals surface area (Å²) in [5, 5.41) is 3.45. The Hall–Kier alpha value is -0.0800. The van der Waals surface area contributed by atoms with Gasteiger partial charge in [-0.15, -0.1) is 0 Å². The molecule has 15 heavy (non-hydrogen) atoms. The van der Waals surface area contributed by atoms with Gasteiger partial charge < -0.3 is 10.2 Å². The molecular weight excluding hydrogens is 184 g/mol. The van der Waals surface area contributed by atoms with Crippen LogP contribution in [0.4, 0.5) is 0 Å². The second kappa shape index (κ2) is 7.24. The molecule has 90 valence electrons. The minimum Gasteiger partial charge on any atom is -0.317 e. The van der Waals surface area contributed by atoms with Gasteiger partial charge in [-0.2, -0.15) is 0 Å². The maximum absolute atomic E-state index is 3.45. The number of nitrogens with zero attached hydrogens (tertiary/aromatic N) is 1. The third-order valence-corrected chi connectivity index (χ3v) is 3.58. The van der Waals surface area contributed by atoms with Crippen LogP contribution in [0.3, 0.4) is 0 Å². The van der Waals surface area contributed by atoms with Crippen LogP contribution >= 0.6 is 0 Å². The van der Waals surface area contributed by atoms with Gasteiger partial charge in [-0.1, -0.05) is 27.2 Å². The fraction of sp³-hybridized carbons (Fsp3) is 1.00. The molecule has 1 saturated heterocycles. The molecule has 0 aliphatic carbocycles.